The Morgan fingerprint density at radius 2 is 2.16 bits per heavy atom. The van der Waals surface area contributed by atoms with E-state index in [0.29, 0.717) is 12.2 Å². The summed E-state index contributed by atoms with van der Waals surface area (Å²) in [6.45, 7) is 1.92. The minimum Gasteiger partial charge on any atom is -0.308 e. The van der Waals surface area contributed by atoms with Crippen molar-refractivity contribution in [2.75, 3.05) is 10.1 Å². The summed E-state index contributed by atoms with van der Waals surface area (Å²) in [4.78, 5) is 3.87. The number of hydrogen-bond donors (Lipinski definition) is 3. The number of nitrogens with zero attached hydrogens (tertiary/aromatic N) is 3. The molecule has 0 fully saturated rings. The van der Waals surface area contributed by atoms with Crippen molar-refractivity contribution < 1.29 is 8.42 Å². The molecule has 0 spiro atoms. The van der Waals surface area contributed by atoms with Gasteiger partial charge in [-0.15, -0.1) is 10.2 Å². The van der Waals surface area contributed by atoms with Crippen LogP contribution in [0.25, 0.3) is 0 Å². The summed E-state index contributed by atoms with van der Waals surface area (Å²) in [5.74, 6) is 5.53. The van der Waals surface area contributed by atoms with E-state index in [9.17, 15) is 8.42 Å². The quantitative estimate of drug-likeness (QED) is 0.545. The van der Waals surface area contributed by atoms with E-state index >= 15 is 0 Å². The van der Waals surface area contributed by atoms with Crippen LogP contribution in [0.2, 0.25) is 0 Å². The second kappa shape index (κ2) is 5.47. The molecule has 0 unspecified atom stereocenters. The summed E-state index contributed by atoms with van der Waals surface area (Å²) in [6.07, 6.45) is 1.91. The monoisotopic (exact) mass is 300 g/mol. The number of pyridine rings is 1. The number of aromatic nitrogens is 3. The van der Waals surface area contributed by atoms with Gasteiger partial charge in [0.15, 0.2) is 0 Å². The van der Waals surface area contributed by atoms with Crippen LogP contribution in [0.3, 0.4) is 0 Å². The highest BCUT2D eigenvalue weighted by molar-refractivity contribution is 7.93. The molecule has 2 rings (SSSR count). The average Bonchev–Trinajstić information content (AvgIpc) is 2.85. The van der Waals surface area contributed by atoms with Crippen molar-refractivity contribution in [3.63, 3.8) is 0 Å². The second-order valence-corrected chi connectivity index (χ2v) is 6.23. The summed E-state index contributed by atoms with van der Waals surface area (Å²) in [6, 6.07) is 2.86. The third-order valence-electron chi connectivity index (χ3n) is 2.19. The molecule has 2 aromatic rings. The van der Waals surface area contributed by atoms with Gasteiger partial charge in [-0.25, -0.2) is 19.2 Å². The summed E-state index contributed by atoms with van der Waals surface area (Å²) in [5, 5.41) is 8.59. The number of aryl methyl sites for hydroxylation is 1. The minimum atomic E-state index is -3.71. The Labute approximate surface area is 114 Å². The molecule has 0 bridgehead atoms. The highest BCUT2D eigenvalue weighted by atomic mass is 32.2. The van der Waals surface area contributed by atoms with Crippen molar-refractivity contribution >= 4 is 32.3 Å². The van der Waals surface area contributed by atoms with Crippen LogP contribution >= 0.6 is 11.3 Å². The van der Waals surface area contributed by atoms with Crippen molar-refractivity contribution in [1.82, 2.24) is 15.2 Å². The summed E-state index contributed by atoms with van der Waals surface area (Å²) in [7, 11) is -3.71. The lowest BCUT2D eigenvalue weighted by Gasteiger charge is -2.05. The summed E-state index contributed by atoms with van der Waals surface area (Å²) >= 11 is 1.20. The Balaban J connectivity index is 2.21. The average molecular weight is 300 g/mol. The normalized spacial score (nSPS) is 11.3. The first-order valence-corrected chi connectivity index (χ1v) is 7.63. The number of rotatable bonds is 5. The zero-order valence-electron chi connectivity index (χ0n) is 9.99. The van der Waals surface area contributed by atoms with E-state index in [4.69, 9.17) is 5.84 Å². The smallest absolute Gasteiger partial charge is 0.265 e. The van der Waals surface area contributed by atoms with E-state index in [1.807, 2.05) is 6.92 Å². The molecule has 2 aromatic heterocycles. The van der Waals surface area contributed by atoms with E-state index in [1.165, 1.54) is 29.7 Å². The number of nitrogens with two attached hydrogens (primary N) is 1. The Bertz CT molecular complexity index is 652. The van der Waals surface area contributed by atoms with Crippen molar-refractivity contribution in [1.29, 1.82) is 0 Å². The molecule has 0 amide bonds. The van der Waals surface area contributed by atoms with Crippen LogP contribution in [0, 0.1) is 0 Å². The highest BCUT2D eigenvalue weighted by Crippen LogP contribution is 2.20. The minimum absolute atomic E-state index is 0.0275. The van der Waals surface area contributed by atoms with E-state index in [2.05, 4.69) is 25.3 Å². The van der Waals surface area contributed by atoms with Gasteiger partial charge in [0.1, 0.15) is 15.7 Å². The van der Waals surface area contributed by atoms with E-state index in [0.717, 1.165) is 5.01 Å². The Hall–Kier alpha value is -1.78. The maximum atomic E-state index is 12.0. The Morgan fingerprint density at radius 3 is 2.68 bits per heavy atom. The van der Waals surface area contributed by atoms with Crippen LogP contribution in [0.1, 0.15) is 11.9 Å². The van der Waals surface area contributed by atoms with Crippen LogP contribution in [0.4, 0.5) is 10.9 Å². The molecule has 0 aliphatic carbocycles. The molecule has 0 radical (unpaired) electrons. The fraction of sp³-hybridized carbons (Fsp3) is 0.222. The number of nitrogen functional groups attached to an aromatic ring is 1. The Morgan fingerprint density at radius 1 is 1.37 bits per heavy atom. The lowest BCUT2D eigenvalue weighted by atomic mass is 10.5. The van der Waals surface area contributed by atoms with Crippen LogP contribution in [0.15, 0.2) is 23.2 Å². The molecule has 2 heterocycles. The van der Waals surface area contributed by atoms with Crippen LogP contribution in [-0.2, 0) is 16.4 Å². The van der Waals surface area contributed by atoms with Gasteiger partial charge in [-0.1, -0.05) is 18.3 Å². The predicted molar refractivity (Wildman–Crippen MR) is 72.1 cm³/mol. The molecule has 0 aromatic carbocycles. The maximum Gasteiger partial charge on any atom is 0.265 e. The predicted octanol–water partition coefficient (Wildman–Crippen LogP) is 0.582. The van der Waals surface area contributed by atoms with Crippen LogP contribution in [0.5, 0.6) is 0 Å². The maximum absolute atomic E-state index is 12.0. The standard InChI is InChI=1S/C9H12N6O2S2/c1-2-8-13-14-9(18-8)15-19(16,17)6-3-4-7(12-10)11-5-6/h3-5H,2,10H2,1H3,(H,11,12)(H,14,15). The van der Waals surface area contributed by atoms with Crippen molar-refractivity contribution in [3.8, 4) is 0 Å². The molecule has 102 valence electrons. The molecule has 0 atom stereocenters. The molecule has 0 saturated carbocycles. The first-order valence-electron chi connectivity index (χ1n) is 5.33. The Kier molecular flexibility index (Phi) is 3.93. The second-order valence-electron chi connectivity index (χ2n) is 3.48. The summed E-state index contributed by atoms with van der Waals surface area (Å²) < 4.78 is 26.4. The van der Waals surface area contributed by atoms with Gasteiger partial charge in [0.2, 0.25) is 5.13 Å². The van der Waals surface area contributed by atoms with Gasteiger partial charge in [0, 0.05) is 6.20 Å². The number of hydrogen-bond acceptors (Lipinski definition) is 8. The zero-order valence-corrected chi connectivity index (χ0v) is 11.6. The van der Waals surface area contributed by atoms with Crippen molar-refractivity contribution in [2.45, 2.75) is 18.2 Å². The van der Waals surface area contributed by atoms with Crippen molar-refractivity contribution in [2.24, 2.45) is 5.84 Å². The van der Waals surface area contributed by atoms with Crippen molar-refractivity contribution in [3.05, 3.63) is 23.3 Å². The molecule has 0 aliphatic heterocycles. The molecule has 0 saturated heterocycles. The van der Waals surface area contributed by atoms with E-state index < -0.39 is 10.0 Å². The highest BCUT2D eigenvalue weighted by Gasteiger charge is 2.17. The number of hydrazine groups is 1. The largest absolute Gasteiger partial charge is 0.308 e. The van der Waals surface area contributed by atoms with Gasteiger partial charge in [-0.3, -0.25) is 4.72 Å². The topological polar surface area (TPSA) is 123 Å². The zero-order chi connectivity index (χ0) is 13.9. The molecular formula is C9H12N6O2S2. The lowest BCUT2D eigenvalue weighted by molar-refractivity contribution is 0.600. The van der Waals surface area contributed by atoms with E-state index in [1.54, 1.807) is 0 Å². The van der Waals surface area contributed by atoms with E-state index in [-0.39, 0.29) is 10.0 Å². The molecule has 10 heteroatoms. The molecular weight excluding hydrogens is 288 g/mol. The fourth-order valence-corrected chi connectivity index (χ4v) is 3.09. The van der Waals surface area contributed by atoms with Gasteiger partial charge >= 0.3 is 0 Å². The third kappa shape index (κ3) is 3.16. The first-order chi connectivity index (χ1) is 9.05. The van der Waals surface area contributed by atoms with Gasteiger partial charge in [0.25, 0.3) is 10.0 Å². The molecule has 4 N–H and O–H groups in total. The molecule has 19 heavy (non-hydrogen) atoms. The first kappa shape index (κ1) is 13.6. The van der Waals surface area contributed by atoms with Gasteiger partial charge in [-0.05, 0) is 18.6 Å². The SMILES string of the molecule is CCc1nnc(NS(=O)(=O)c2ccc(NN)nc2)s1. The number of sulfonamides is 1. The van der Waals surface area contributed by atoms with Gasteiger partial charge in [0.05, 0.1) is 0 Å². The number of nitrogens with one attached hydrogen (secondary N) is 2. The van der Waals surface area contributed by atoms with Gasteiger partial charge in [-0.2, -0.15) is 0 Å². The van der Waals surface area contributed by atoms with Crippen LogP contribution < -0.4 is 16.0 Å². The summed E-state index contributed by atoms with van der Waals surface area (Å²) in [5.41, 5.74) is 2.32. The third-order valence-corrected chi connectivity index (χ3v) is 4.62. The van der Waals surface area contributed by atoms with Gasteiger partial charge < -0.3 is 5.43 Å². The molecule has 8 nitrogen and oxygen atoms in total. The van der Waals surface area contributed by atoms with Crippen LogP contribution in [-0.4, -0.2) is 23.6 Å². The molecule has 0 aliphatic rings. The fourth-order valence-electron chi connectivity index (χ4n) is 1.24. The number of anilines is 2. The lowest BCUT2D eigenvalue weighted by Crippen LogP contribution is -2.14.